The summed E-state index contributed by atoms with van der Waals surface area (Å²) in [6.07, 6.45) is 5.34. The number of hydrogen-bond acceptors (Lipinski definition) is 6. The molecule has 148 valence electrons. The Kier molecular flexibility index (Phi) is 10.1. The number of carbonyl (C=O) groups excluding carboxylic acids is 1. The summed E-state index contributed by atoms with van der Waals surface area (Å²) >= 11 is 0. The number of nitrogens with two attached hydrogens (primary N) is 1. The largest absolute Gasteiger partial charge is 0.355 e. The van der Waals surface area contributed by atoms with Crippen molar-refractivity contribution in [1.29, 1.82) is 0 Å². The van der Waals surface area contributed by atoms with Crippen molar-refractivity contribution >= 4 is 11.7 Å². The van der Waals surface area contributed by atoms with Crippen LogP contribution in [0.4, 0.5) is 5.82 Å². The molecule has 0 aromatic carbocycles. The van der Waals surface area contributed by atoms with E-state index < -0.39 is 0 Å². The topological polar surface area (TPSA) is 87.4 Å². The molecular weight excluding hydrogens is 328 g/mol. The molecule has 0 saturated carbocycles. The molecule has 0 atom stereocenters. The standard InChI is InChI=1S/C15H23N5O.C2H7N.C2H6/c1-19(2)15(21)11-3-7-20(8-4-11)14-13(12-9-16-10-12)17-5-6-18-14;1-2-3;1-2/h5-6,11-12,16H,3-4,7-10H2,1-2H3;2-3H2,1H3;1-2H3. The molecule has 2 saturated heterocycles. The van der Waals surface area contributed by atoms with Crippen LogP contribution in [0.3, 0.4) is 0 Å². The minimum Gasteiger partial charge on any atom is -0.355 e. The van der Waals surface area contributed by atoms with Crippen LogP contribution in [-0.2, 0) is 4.79 Å². The van der Waals surface area contributed by atoms with E-state index in [2.05, 4.69) is 20.2 Å². The van der Waals surface area contributed by atoms with Gasteiger partial charge in [-0.25, -0.2) is 4.98 Å². The molecule has 0 bridgehead atoms. The van der Waals surface area contributed by atoms with Crippen LogP contribution in [-0.4, -0.2) is 67.6 Å². The highest BCUT2D eigenvalue weighted by atomic mass is 16.2. The van der Waals surface area contributed by atoms with Gasteiger partial charge in [0.2, 0.25) is 5.91 Å². The van der Waals surface area contributed by atoms with Gasteiger partial charge in [-0.05, 0) is 19.4 Å². The van der Waals surface area contributed by atoms with Crippen molar-refractivity contribution in [2.45, 2.75) is 39.5 Å². The van der Waals surface area contributed by atoms with Gasteiger partial charge in [-0.3, -0.25) is 9.78 Å². The third-order valence-electron chi connectivity index (χ3n) is 4.46. The van der Waals surface area contributed by atoms with E-state index in [4.69, 9.17) is 5.73 Å². The van der Waals surface area contributed by atoms with E-state index in [1.807, 2.05) is 34.9 Å². The van der Waals surface area contributed by atoms with Crippen LogP contribution < -0.4 is 16.0 Å². The quantitative estimate of drug-likeness (QED) is 0.844. The number of rotatable bonds is 3. The zero-order chi connectivity index (χ0) is 19.5. The van der Waals surface area contributed by atoms with E-state index in [1.54, 1.807) is 17.3 Å². The molecule has 0 unspecified atom stereocenters. The minimum absolute atomic E-state index is 0.154. The maximum atomic E-state index is 12.0. The fourth-order valence-corrected chi connectivity index (χ4v) is 3.06. The van der Waals surface area contributed by atoms with Crippen molar-refractivity contribution in [3.05, 3.63) is 18.1 Å². The number of carbonyl (C=O) groups is 1. The highest BCUT2D eigenvalue weighted by molar-refractivity contribution is 5.78. The molecule has 7 heteroatoms. The van der Waals surface area contributed by atoms with Crippen molar-refractivity contribution in [2.24, 2.45) is 11.7 Å². The zero-order valence-corrected chi connectivity index (χ0v) is 17.0. The molecule has 0 spiro atoms. The Labute approximate surface area is 158 Å². The molecule has 7 nitrogen and oxygen atoms in total. The fraction of sp³-hybridized carbons (Fsp3) is 0.737. The predicted molar refractivity (Wildman–Crippen MR) is 107 cm³/mol. The molecule has 1 aromatic rings. The number of nitrogens with zero attached hydrogens (tertiary/aromatic N) is 4. The number of anilines is 1. The van der Waals surface area contributed by atoms with Crippen LogP contribution in [0, 0.1) is 5.92 Å². The number of aromatic nitrogens is 2. The van der Waals surface area contributed by atoms with Gasteiger partial charge in [0.1, 0.15) is 0 Å². The average molecular weight is 365 g/mol. The summed E-state index contributed by atoms with van der Waals surface area (Å²) in [5.41, 5.74) is 5.95. The van der Waals surface area contributed by atoms with Crippen LogP contribution in [0.25, 0.3) is 0 Å². The highest BCUT2D eigenvalue weighted by Gasteiger charge is 2.30. The fourth-order valence-electron chi connectivity index (χ4n) is 3.06. The zero-order valence-electron chi connectivity index (χ0n) is 17.0. The third-order valence-corrected chi connectivity index (χ3v) is 4.46. The van der Waals surface area contributed by atoms with Gasteiger partial charge in [0.15, 0.2) is 5.82 Å². The van der Waals surface area contributed by atoms with E-state index in [1.165, 1.54) is 0 Å². The van der Waals surface area contributed by atoms with E-state index in [9.17, 15) is 4.79 Å². The molecule has 3 rings (SSSR count). The Morgan fingerprint density at radius 2 is 1.77 bits per heavy atom. The Morgan fingerprint density at radius 1 is 1.23 bits per heavy atom. The number of nitrogens with one attached hydrogen (secondary N) is 1. The first kappa shape index (κ1) is 22.3. The van der Waals surface area contributed by atoms with Crippen LogP contribution in [0.15, 0.2) is 12.4 Å². The summed E-state index contributed by atoms with van der Waals surface area (Å²) in [6, 6.07) is 0. The lowest BCUT2D eigenvalue weighted by molar-refractivity contribution is -0.133. The molecule has 0 radical (unpaired) electrons. The minimum atomic E-state index is 0.154. The lowest BCUT2D eigenvalue weighted by Gasteiger charge is -2.36. The van der Waals surface area contributed by atoms with Gasteiger partial charge in [-0.1, -0.05) is 20.8 Å². The number of piperidine rings is 1. The van der Waals surface area contributed by atoms with Crippen molar-refractivity contribution in [3.8, 4) is 0 Å². The monoisotopic (exact) mass is 364 g/mol. The van der Waals surface area contributed by atoms with E-state index in [0.717, 1.165) is 57.1 Å². The van der Waals surface area contributed by atoms with Crippen molar-refractivity contribution in [3.63, 3.8) is 0 Å². The van der Waals surface area contributed by atoms with Gasteiger partial charge in [0.05, 0.1) is 5.69 Å². The first-order valence-corrected chi connectivity index (χ1v) is 9.76. The van der Waals surface area contributed by atoms with Crippen LogP contribution in [0.1, 0.15) is 45.2 Å². The summed E-state index contributed by atoms with van der Waals surface area (Å²) in [6.45, 7) is 10.4. The van der Waals surface area contributed by atoms with Gasteiger partial charge in [-0.2, -0.15) is 0 Å². The first-order valence-electron chi connectivity index (χ1n) is 9.76. The van der Waals surface area contributed by atoms with Crippen LogP contribution in [0.2, 0.25) is 0 Å². The van der Waals surface area contributed by atoms with Crippen LogP contribution >= 0.6 is 0 Å². The summed E-state index contributed by atoms with van der Waals surface area (Å²) < 4.78 is 0. The van der Waals surface area contributed by atoms with Gasteiger partial charge >= 0.3 is 0 Å². The maximum Gasteiger partial charge on any atom is 0.225 e. The SMILES string of the molecule is CC.CCN.CN(C)C(=O)C1CCN(c2nccnc2C2CNC2)CC1. The normalized spacial score (nSPS) is 17.2. The van der Waals surface area contributed by atoms with Crippen molar-refractivity contribution in [2.75, 3.05) is 51.7 Å². The molecule has 3 heterocycles. The second-order valence-corrected chi connectivity index (χ2v) is 6.52. The molecule has 1 amide bonds. The Morgan fingerprint density at radius 3 is 2.23 bits per heavy atom. The lowest BCUT2D eigenvalue weighted by Crippen LogP contribution is -2.44. The number of hydrogen-bond donors (Lipinski definition) is 2. The third kappa shape index (κ3) is 5.92. The molecule has 26 heavy (non-hydrogen) atoms. The molecule has 1 aromatic heterocycles. The first-order chi connectivity index (χ1) is 12.6. The second kappa shape index (κ2) is 11.8. The Bertz CT molecular complexity index is 525. The van der Waals surface area contributed by atoms with E-state index in [-0.39, 0.29) is 11.8 Å². The average Bonchev–Trinajstić information content (AvgIpc) is 2.63. The maximum absolute atomic E-state index is 12.0. The summed E-state index contributed by atoms with van der Waals surface area (Å²) in [7, 11) is 3.66. The van der Waals surface area contributed by atoms with E-state index in [0.29, 0.717) is 5.92 Å². The van der Waals surface area contributed by atoms with Crippen molar-refractivity contribution < 1.29 is 4.79 Å². The summed E-state index contributed by atoms with van der Waals surface area (Å²) in [5, 5.41) is 3.29. The van der Waals surface area contributed by atoms with Gasteiger partial charge in [-0.15, -0.1) is 0 Å². The summed E-state index contributed by atoms with van der Waals surface area (Å²) in [5.74, 6) is 1.90. The van der Waals surface area contributed by atoms with Gasteiger partial charge < -0.3 is 20.9 Å². The molecule has 2 fully saturated rings. The van der Waals surface area contributed by atoms with Crippen molar-refractivity contribution in [1.82, 2.24) is 20.2 Å². The molecule has 0 aliphatic carbocycles. The molecule has 2 aliphatic heterocycles. The molecular formula is C19H36N6O. The van der Waals surface area contributed by atoms with E-state index >= 15 is 0 Å². The smallest absolute Gasteiger partial charge is 0.225 e. The van der Waals surface area contributed by atoms with Crippen LogP contribution in [0.5, 0.6) is 0 Å². The van der Waals surface area contributed by atoms with Gasteiger partial charge in [0.25, 0.3) is 0 Å². The second-order valence-electron chi connectivity index (χ2n) is 6.52. The summed E-state index contributed by atoms with van der Waals surface area (Å²) in [4.78, 5) is 25.1. The Balaban J connectivity index is 0.000000615. The highest BCUT2D eigenvalue weighted by Crippen LogP contribution is 2.29. The molecule has 2 aliphatic rings. The van der Waals surface area contributed by atoms with Gasteiger partial charge in [0, 0.05) is 64.5 Å². The Hall–Kier alpha value is -1.73. The molecule has 3 N–H and O–H groups in total. The predicted octanol–water partition coefficient (Wildman–Crippen LogP) is 1.46. The number of amides is 1. The lowest BCUT2D eigenvalue weighted by atomic mass is 9.94.